The molecule has 3 aromatic heterocycles. The highest BCUT2D eigenvalue weighted by atomic mass is 16.5. The summed E-state index contributed by atoms with van der Waals surface area (Å²) >= 11 is 0. The Morgan fingerprint density at radius 3 is 2.58 bits per heavy atom. The van der Waals surface area contributed by atoms with E-state index in [2.05, 4.69) is 36.9 Å². The highest BCUT2D eigenvalue weighted by Gasteiger charge is 2.40. The zero-order chi connectivity index (χ0) is 21.2. The van der Waals surface area contributed by atoms with E-state index in [0.717, 1.165) is 57.4 Å². The van der Waals surface area contributed by atoms with Crippen molar-refractivity contribution in [2.75, 3.05) is 18.0 Å². The minimum absolute atomic E-state index is 0.0550. The maximum atomic E-state index is 13.3. The largest absolute Gasteiger partial charge is 0.442 e. The van der Waals surface area contributed by atoms with E-state index in [1.54, 1.807) is 12.4 Å². The van der Waals surface area contributed by atoms with Gasteiger partial charge in [-0.1, -0.05) is 12.1 Å². The van der Waals surface area contributed by atoms with Crippen LogP contribution in [0.3, 0.4) is 0 Å². The van der Waals surface area contributed by atoms with Crippen molar-refractivity contribution in [3.8, 4) is 11.5 Å². The molecule has 1 aliphatic carbocycles. The summed E-state index contributed by atoms with van der Waals surface area (Å²) in [6.45, 7) is 3.66. The molecule has 1 amide bonds. The molecule has 0 spiro atoms. The fraction of sp³-hybridized carbons (Fsp3) is 0.524. The molecule has 4 heterocycles. The molecule has 3 aromatic rings. The normalized spacial score (nSPS) is 17.1. The molecule has 31 heavy (non-hydrogen) atoms. The van der Waals surface area contributed by atoms with Gasteiger partial charge < -0.3 is 18.7 Å². The molecule has 1 aliphatic heterocycles. The Hall–Kier alpha value is -3.30. The van der Waals surface area contributed by atoms with Crippen LogP contribution in [0.4, 0.5) is 6.01 Å². The summed E-state index contributed by atoms with van der Waals surface area (Å²) in [7, 11) is 0. The molecule has 0 radical (unpaired) electrons. The van der Waals surface area contributed by atoms with Gasteiger partial charge in [0, 0.05) is 31.6 Å². The number of rotatable bonds is 7. The van der Waals surface area contributed by atoms with E-state index in [9.17, 15) is 4.79 Å². The van der Waals surface area contributed by atoms with Gasteiger partial charge in [0.25, 0.3) is 5.91 Å². The molecule has 1 saturated heterocycles. The second-order valence-corrected chi connectivity index (χ2v) is 8.06. The van der Waals surface area contributed by atoms with Crippen molar-refractivity contribution in [1.29, 1.82) is 0 Å². The molecular weight excluding hydrogens is 398 g/mol. The van der Waals surface area contributed by atoms with Crippen molar-refractivity contribution in [2.45, 2.75) is 57.5 Å². The van der Waals surface area contributed by atoms with Gasteiger partial charge in [-0.25, -0.2) is 15.0 Å². The molecule has 1 saturated carbocycles. The molecule has 0 unspecified atom stereocenters. The Morgan fingerprint density at radius 1 is 1.13 bits per heavy atom. The monoisotopic (exact) mass is 423 g/mol. The van der Waals surface area contributed by atoms with Gasteiger partial charge >= 0.3 is 6.01 Å². The van der Waals surface area contributed by atoms with Crippen LogP contribution in [0.1, 0.15) is 55.3 Å². The number of aromatic nitrogens is 5. The molecule has 2 fully saturated rings. The molecule has 0 atom stereocenters. The Labute approximate surface area is 179 Å². The third-order valence-electron chi connectivity index (χ3n) is 5.79. The number of nitrogens with zero attached hydrogens (tertiary/aromatic N) is 7. The summed E-state index contributed by atoms with van der Waals surface area (Å²) in [4.78, 5) is 34.5. The lowest BCUT2D eigenvalue weighted by Gasteiger charge is -2.38. The highest BCUT2D eigenvalue weighted by molar-refractivity contribution is 5.92. The van der Waals surface area contributed by atoms with Gasteiger partial charge in [0.05, 0.1) is 18.6 Å². The molecule has 0 bridgehead atoms. The van der Waals surface area contributed by atoms with Gasteiger partial charge in [-0.15, -0.1) is 0 Å². The van der Waals surface area contributed by atoms with Crippen LogP contribution in [0.15, 0.2) is 33.9 Å². The van der Waals surface area contributed by atoms with Gasteiger partial charge in [0.1, 0.15) is 11.4 Å². The summed E-state index contributed by atoms with van der Waals surface area (Å²) < 4.78 is 10.7. The van der Waals surface area contributed by atoms with Crippen LogP contribution < -0.4 is 4.90 Å². The molecule has 5 rings (SSSR count). The van der Waals surface area contributed by atoms with Crippen molar-refractivity contribution in [3.63, 3.8) is 0 Å². The first-order valence-corrected chi connectivity index (χ1v) is 10.8. The van der Waals surface area contributed by atoms with E-state index < -0.39 is 0 Å². The molecular formula is C21H25N7O3. The number of aryl methyl sites for hydroxylation is 1. The maximum absolute atomic E-state index is 13.3. The van der Waals surface area contributed by atoms with Crippen molar-refractivity contribution in [2.24, 2.45) is 0 Å². The average molecular weight is 423 g/mol. The predicted molar refractivity (Wildman–Crippen MR) is 110 cm³/mol. The number of carbonyl (C=O) groups excluding carboxylic acids is 1. The number of anilines is 1. The topological polar surface area (TPSA) is 114 Å². The van der Waals surface area contributed by atoms with Gasteiger partial charge in [-0.3, -0.25) is 4.79 Å². The van der Waals surface area contributed by atoms with Crippen LogP contribution in [0, 0.1) is 0 Å². The van der Waals surface area contributed by atoms with Crippen LogP contribution in [-0.4, -0.2) is 61.1 Å². The summed E-state index contributed by atoms with van der Waals surface area (Å²) in [5.74, 6) is 1.23. The lowest BCUT2D eigenvalue weighted by Crippen LogP contribution is -2.48. The van der Waals surface area contributed by atoms with E-state index in [0.29, 0.717) is 29.2 Å². The minimum atomic E-state index is -0.0550. The standard InChI is InChI=1S/C21H25N7O3/c1-2-3-19-25-21(31-26-19)27-8-6-15(7-9-27)28(14-4-5-14)20(29)17-11-23-16(10-24-17)18-12-22-13-30-18/h10-15H,2-9H2,1H3. The van der Waals surface area contributed by atoms with Crippen LogP contribution in [-0.2, 0) is 6.42 Å². The molecule has 10 nitrogen and oxygen atoms in total. The predicted octanol–water partition coefficient (Wildman–Crippen LogP) is 2.74. The lowest BCUT2D eigenvalue weighted by atomic mass is 10.0. The Balaban J connectivity index is 1.25. The first kappa shape index (κ1) is 19.7. The Bertz CT molecular complexity index is 1010. The van der Waals surface area contributed by atoms with Gasteiger partial charge in [0.2, 0.25) is 0 Å². The van der Waals surface area contributed by atoms with Crippen molar-refractivity contribution in [3.05, 3.63) is 36.5 Å². The van der Waals surface area contributed by atoms with Gasteiger partial charge in [0.15, 0.2) is 18.0 Å². The Kier molecular flexibility index (Phi) is 5.35. The van der Waals surface area contributed by atoms with Gasteiger partial charge in [-0.05, 0) is 32.1 Å². The van der Waals surface area contributed by atoms with Crippen molar-refractivity contribution >= 4 is 11.9 Å². The Morgan fingerprint density at radius 2 is 1.94 bits per heavy atom. The van der Waals surface area contributed by atoms with Crippen LogP contribution in [0.25, 0.3) is 11.5 Å². The number of piperidine rings is 1. The van der Waals surface area contributed by atoms with E-state index >= 15 is 0 Å². The number of hydrogen-bond donors (Lipinski definition) is 0. The molecule has 0 N–H and O–H groups in total. The zero-order valence-corrected chi connectivity index (χ0v) is 17.5. The number of oxazole rings is 1. The smallest absolute Gasteiger partial charge is 0.324 e. The van der Waals surface area contributed by atoms with E-state index in [4.69, 9.17) is 8.94 Å². The van der Waals surface area contributed by atoms with E-state index in [1.807, 2.05) is 4.90 Å². The third kappa shape index (κ3) is 4.14. The van der Waals surface area contributed by atoms with E-state index in [1.165, 1.54) is 12.6 Å². The zero-order valence-electron chi connectivity index (χ0n) is 17.5. The third-order valence-corrected chi connectivity index (χ3v) is 5.79. The minimum Gasteiger partial charge on any atom is -0.442 e. The fourth-order valence-electron chi connectivity index (χ4n) is 4.06. The maximum Gasteiger partial charge on any atom is 0.324 e. The van der Waals surface area contributed by atoms with Crippen LogP contribution in [0.2, 0.25) is 0 Å². The molecule has 10 heteroatoms. The number of amides is 1. The second-order valence-electron chi connectivity index (χ2n) is 8.06. The summed E-state index contributed by atoms with van der Waals surface area (Å²) in [5, 5.41) is 4.05. The van der Waals surface area contributed by atoms with Gasteiger partial charge in [-0.2, -0.15) is 4.98 Å². The SMILES string of the molecule is CCCc1noc(N2CCC(N(C(=O)c3cnc(-c4cnco4)cn3)C3CC3)CC2)n1. The summed E-state index contributed by atoms with van der Waals surface area (Å²) in [5.41, 5.74) is 0.918. The highest BCUT2D eigenvalue weighted by Crippen LogP contribution is 2.33. The fourth-order valence-corrected chi connectivity index (χ4v) is 4.06. The number of carbonyl (C=O) groups is 1. The second kappa shape index (κ2) is 8.44. The van der Waals surface area contributed by atoms with E-state index in [-0.39, 0.29) is 11.9 Å². The molecule has 162 valence electrons. The molecule has 0 aromatic carbocycles. The van der Waals surface area contributed by atoms with Crippen LogP contribution >= 0.6 is 0 Å². The quantitative estimate of drug-likeness (QED) is 0.566. The van der Waals surface area contributed by atoms with Crippen molar-refractivity contribution < 1.29 is 13.7 Å². The summed E-state index contributed by atoms with van der Waals surface area (Å²) in [6.07, 6.45) is 11.6. The first-order valence-electron chi connectivity index (χ1n) is 10.8. The lowest BCUT2D eigenvalue weighted by molar-refractivity contribution is 0.0623. The average Bonchev–Trinajstić information content (AvgIpc) is 3.27. The molecule has 2 aliphatic rings. The number of hydrogen-bond acceptors (Lipinski definition) is 9. The van der Waals surface area contributed by atoms with Crippen LogP contribution in [0.5, 0.6) is 0 Å². The van der Waals surface area contributed by atoms with Crippen molar-refractivity contribution in [1.82, 2.24) is 30.0 Å². The first-order chi connectivity index (χ1) is 15.2. The summed E-state index contributed by atoms with van der Waals surface area (Å²) in [6, 6.07) is 1.05.